The Morgan fingerprint density at radius 1 is 1.43 bits per heavy atom. The van der Waals surface area contributed by atoms with Crippen LogP contribution in [0.4, 0.5) is 0 Å². The maximum Gasteiger partial charge on any atom is 0.355 e. The number of halogens is 1. The van der Waals surface area contributed by atoms with Crippen molar-refractivity contribution in [2.45, 2.75) is 37.6 Å². The molecule has 1 aromatic rings. The molecule has 2 N–H and O–H groups in total. The molecule has 0 radical (unpaired) electrons. The first-order valence-electron chi connectivity index (χ1n) is 6.78. The van der Waals surface area contributed by atoms with E-state index in [4.69, 9.17) is 16.3 Å². The van der Waals surface area contributed by atoms with Crippen molar-refractivity contribution in [2.75, 3.05) is 6.61 Å². The van der Waals surface area contributed by atoms with Crippen LogP contribution >= 0.6 is 11.6 Å². The molecule has 21 heavy (non-hydrogen) atoms. The summed E-state index contributed by atoms with van der Waals surface area (Å²) in [7, 11) is 0. The maximum absolute atomic E-state index is 11.8. The summed E-state index contributed by atoms with van der Waals surface area (Å²) in [6.45, 7) is -0.418. The summed E-state index contributed by atoms with van der Waals surface area (Å²) in [6, 6.07) is 3.59. The van der Waals surface area contributed by atoms with Crippen LogP contribution in [0.3, 0.4) is 0 Å². The summed E-state index contributed by atoms with van der Waals surface area (Å²) in [5, 5.41) is 12.3. The Hall–Kier alpha value is -2.00. The van der Waals surface area contributed by atoms with Gasteiger partial charge in [0.1, 0.15) is 11.2 Å². The van der Waals surface area contributed by atoms with E-state index in [1.807, 2.05) is 0 Å². The average molecular weight is 310 g/mol. The highest BCUT2D eigenvalue weighted by Gasteiger charge is 2.33. The Balaban J connectivity index is 1.84. The number of hydrogen-bond donors (Lipinski definition) is 2. The smallest absolute Gasteiger partial charge is 0.355 e. The van der Waals surface area contributed by atoms with E-state index in [-0.39, 0.29) is 5.69 Å². The molecule has 1 fully saturated rings. The molecule has 7 heteroatoms. The van der Waals surface area contributed by atoms with Gasteiger partial charge >= 0.3 is 5.97 Å². The highest BCUT2D eigenvalue weighted by atomic mass is 35.5. The van der Waals surface area contributed by atoms with Crippen molar-refractivity contribution < 1.29 is 14.3 Å². The highest BCUT2D eigenvalue weighted by Crippen LogP contribution is 2.27. The summed E-state index contributed by atoms with van der Waals surface area (Å²) in [5.74, 6) is -1.13. The van der Waals surface area contributed by atoms with E-state index in [1.54, 1.807) is 0 Å². The molecular formula is C14H16ClN3O3. The monoisotopic (exact) mass is 309 g/mol. The summed E-state index contributed by atoms with van der Waals surface area (Å²) < 4.78 is 4.88. The molecule has 0 saturated heterocycles. The molecule has 0 aliphatic heterocycles. The van der Waals surface area contributed by atoms with Crippen molar-refractivity contribution >= 4 is 23.5 Å². The second kappa shape index (κ2) is 6.64. The minimum absolute atomic E-state index is 0.181. The summed E-state index contributed by atoms with van der Waals surface area (Å²) >= 11 is 5.68. The van der Waals surface area contributed by atoms with Crippen LogP contribution in [0.1, 0.15) is 42.6 Å². The first-order chi connectivity index (χ1) is 10.0. The molecule has 112 valence electrons. The maximum atomic E-state index is 11.8. The van der Waals surface area contributed by atoms with Gasteiger partial charge in [-0.25, -0.2) is 4.79 Å². The quantitative estimate of drug-likeness (QED) is 0.833. The van der Waals surface area contributed by atoms with Gasteiger partial charge in [0.15, 0.2) is 6.61 Å². The fraction of sp³-hybridized carbons (Fsp3) is 0.500. The predicted molar refractivity (Wildman–Crippen MR) is 75.7 cm³/mol. The second-order valence-corrected chi connectivity index (χ2v) is 5.55. The number of esters is 1. The fourth-order valence-electron chi connectivity index (χ4n) is 2.42. The minimum atomic E-state index is -0.822. The molecule has 0 bridgehead atoms. The van der Waals surface area contributed by atoms with Crippen LogP contribution in [0, 0.1) is 11.3 Å². The van der Waals surface area contributed by atoms with E-state index < -0.39 is 24.0 Å². The van der Waals surface area contributed by atoms with Gasteiger partial charge in [0.2, 0.25) is 0 Å². The third-order valence-corrected chi connectivity index (χ3v) is 3.72. The van der Waals surface area contributed by atoms with Gasteiger partial charge in [0, 0.05) is 6.20 Å². The van der Waals surface area contributed by atoms with E-state index >= 15 is 0 Å². The van der Waals surface area contributed by atoms with Gasteiger partial charge in [0.05, 0.1) is 11.1 Å². The lowest BCUT2D eigenvalue weighted by Gasteiger charge is -2.31. The van der Waals surface area contributed by atoms with Crippen LogP contribution in [0.5, 0.6) is 0 Å². The number of hydrogen-bond acceptors (Lipinski definition) is 4. The Kier molecular flexibility index (Phi) is 4.86. The van der Waals surface area contributed by atoms with Gasteiger partial charge in [-0.15, -0.1) is 0 Å². The van der Waals surface area contributed by atoms with Crippen molar-refractivity contribution in [2.24, 2.45) is 0 Å². The number of amides is 1. The Morgan fingerprint density at radius 2 is 2.14 bits per heavy atom. The lowest BCUT2D eigenvalue weighted by Crippen LogP contribution is -2.50. The standard InChI is InChI=1S/C14H16ClN3O3/c15-10-6-11(17-7-10)13(20)21-8-12(19)18-14(9-16)4-2-1-3-5-14/h6-7,17H,1-5,8H2,(H,18,19). The van der Waals surface area contributed by atoms with E-state index in [0.29, 0.717) is 17.9 Å². The van der Waals surface area contributed by atoms with E-state index in [2.05, 4.69) is 16.4 Å². The van der Waals surface area contributed by atoms with Gasteiger partial charge in [-0.05, 0) is 18.9 Å². The van der Waals surface area contributed by atoms with Crippen molar-refractivity contribution in [1.82, 2.24) is 10.3 Å². The average Bonchev–Trinajstić information content (AvgIpc) is 2.92. The number of ether oxygens (including phenoxy) is 1. The second-order valence-electron chi connectivity index (χ2n) is 5.11. The van der Waals surface area contributed by atoms with E-state index in [1.165, 1.54) is 12.3 Å². The number of aromatic amines is 1. The van der Waals surface area contributed by atoms with Crippen molar-refractivity contribution in [3.05, 3.63) is 23.0 Å². The molecule has 0 spiro atoms. The summed E-state index contributed by atoms with van der Waals surface area (Å²) in [5.41, 5.74) is -0.641. The Morgan fingerprint density at radius 3 is 2.71 bits per heavy atom. The topological polar surface area (TPSA) is 95.0 Å². The van der Waals surface area contributed by atoms with E-state index in [0.717, 1.165) is 19.3 Å². The first-order valence-corrected chi connectivity index (χ1v) is 7.16. The first kappa shape index (κ1) is 15.4. The summed E-state index contributed by atoms with van der Waals surface area (Å²) in [6.07, 6.45) is 5.61. The van der Waals surface area contributed by atoms with Gasteiger partial charge in [-0.2, -0.15) is 5.26 Å². The van der Waals surface area contributed by atoms with Crippen LogP contribution in [-0.4, -0.2) is 29.0 Å². The molecule has 1 aliphatic carbocycles. The number of carbonyl (C=O) groups is 2. The molecule has 1 heterocycles. The zero-order valence-electron chi connectivity index (χ0n) is 11.4. The third-order valence-electron chi connectivity index (χ3n) is 3.50. The molecule has 0 atom stereocenters. The van der Waals surface area contributed by atoms with Gasteiger partial charge < -0.3 is 15.0 Å². The zero-order valence-corrected chi connectivity index (χ0v) is 12.2. The molecule has 6 nitrogen and oxygen atoms in total. The zero-order chi connectivity index (χ0) is 15.3. The lowest BCUT2D eigenvalue weighted by atomic mass is 9.83. The summed E-state index contributed by atoms with van der Waals surface area (Å²) in [4.78, 5) is 26.1. The normalized spacial score (nSPS) is 16.8. The number of nitrogens with one attached hydrogen (secondary N) is 2. The molecule has 0 unspecified atom stereocenters. The van der Waals surface area contributed by atoms with Crippen LogP contribution in [0.25, 0.3) is 0 Å². The number of nitrogens with zero attached hydrogens (tertiary/aromatic N) is 1. The molecule has 1 amide bonds. The van der Waals surface area contributed by atoms with Crippen molar-refractivity contribution in [3.63, 3.8) is 0 Å². The van der Waals surface area contributed by atoms with Crippen molar-refractivity contribution in [3.8, 4) is 6.07 Å². The van der Waals surface area contributed by atoms with Crippen LogP contribution in [-0.2, 0) is 9.53 Å². The molecule has 1 aliphatic rings. The SMILES string of the molecule is N#CC1(NC(=O)COC(=O)c2cc(Cl)c[nH]2)CCCCC1. The molecule has 1 saturated carbocycles. The number of H-pyrrole nitrogens is 1. The van der Waals surface area contributed by atoms with Gasteiger partial charge in [-0.1, -0.05) is 30.9 Å². The number of carbonyl (C=O) groups excluding carboxylic acids is 2. The Labute approximate surface area is 127 Å². The Bertz CT molecular complexity index is 570. The number of aromatic nitrogens is 1. The molecule has 1 aromatic heterocycles. The van der Waals surface area contributed by atoms with Gasteiger partial charge in [-0.3, -0.25) is 4.79 Å². The fourth-order valence-corrected chi connectivity index (χ4v) is 2.58. The third kappa shape index (κ3) is 3.99. The lowest BCUT2D eigenvalue weighted by molar-refractivity contribution is -0.125. The van der Waals surface area contributed by atoms with Crippen LogP contribution < -0.4 is 5.32 Å². The molecule has 2 rings (SSSR count). The highest BCUT2D eigenvalue weighted by molar-refractivity contribution is 6.30. The molecule has 0 aromatic carbocycles. The molecular weight excluding hydrogens is 294 g/mol. The minimum Gasteiger partial charge on any atom is -0.451 e. The number of rotatable bonds is 4. The van der Waals surface area contributed by atoms with Crippen LogP contribution in [0.15, 0.2) is 12.3 Å². The largest absolute Gasteiger partial charge is 0.451 e. The van der Waals surface area contributed by atoms with Crippen molar-refractivity contribution in [1.29, 1.82) is 5.26 Å². The van der Waals surface area contributed by atoms with E-state index in [9.17, 15) is 14.9 Å². The predicted octanol–water partition coefficient (Wildman–Crippen LogP) is 2.17. The van der Waals surface area contributed by atoms with Crippen LogP contribution in [0.2, 0.25) is 5.02 Å². The number of nitriles is 1. The van der Waals surface area contributed by atoms with Gasteiger partial charge in [0.25, 0.3) is 5.91 Å².